The number of hydrogen-bond acceptors (Lipinski definition) is 4. The third-order valence-electron chi connectivity index (χ3n) is 1.21. The first kappa shape index (κ1) is 13.0. The van der Waals surface area contributed by atoms with E-state index in [0.717, 1.165) is 0 Å². The van der Waals surface area contributed by atoms with Gasteiger partial charge >= 0.3 is 0 Å². The van der Waals surface area contributed by atoms with Crippen LogP contribution in [-0.2, 0) is 4.79 Å². The van der Waals surface area contributed by atoms with Crippen LogP contribution in [0, 0.1) is 11.3 Å². The normalized spacial score (nSPS) is 11.0. The van der Waals surface area contributed by atoms with E-state index in [1.807, 2.05) is 0 Å². The van der Waals surface area contributed by atoms with Gasteiger partial charge in [-0.3, -0.25) is 4.79 Å². The van der Waals surface area contributed by atoms with Gasteiger partial charge in [0, 0.05) is 34.4 Å². The minimum Gasteiger partial charge on any atom is -0.382 e. The predicted molar refractivity (Wildman–Crippen MR) is 57.7 cm³/mol. The molecule has 0 spiro atoms. The van der Waals surface area contributed by atoms with Gasteiger partial charge in [-0.15, -0.1) is 0 Å². The number of carbonyl (C=O) groups excluding carboxylic acids is 1. The van der Waals surface area contributed by atoms with E-state index in [-0.39, 0.29) is 5.57 Å². The second-order valence-electron chi connectivity index (χ2n) is 3.27. The van der Waals surface area contributed by atoms with Gasteiger partial charge in [-0.25, -0.2) is 5.43 Å². The van der Waals surface area contributed by atoms with Crippen LogP contribution >= 0.6 is 0 Å². The molecule has 0 saturated carbocycles. The van der Waals surface area contributed by atoms with Crippen LogP contribution in [0.4, 0.5) is 0 Å². The van der Waals surface area contributed by atoms with E-state index < -0.39 is 5.91 Å². The molecule has 0 radical (unpaired) electrons. The fourth-order valence-corrected chi connectivity index (χ4v) is 0.660. The van der Waals surface area contributed by atoms with Gasteiger partial charge in [0.05, 0.1) is 0 Å². The summed E-state index contributed by atoms with van der Waals surface area (Å²) in [4.78, 5) is 14.6. The van der Waals surface area contributed by atoms with E-state index >= 15 is 0 Å². The summed E-state index contributed by atoms with van der Waals surface area (Å²) in [6.45, 7) is 0. The summed E-state index contributed by atoms with van der Waals surface area (Å²) >= 11 is 0. The Morgan fingerprint density at radius 1 is 1.33 bits per heavy atom. The molecule has 15 heavy (non-hydrogen) atoms. The first-order valence-corrected chi connectivity index (χ1v) is 4.25. The quantitative estimate of drug-likeness (QED) is 0.224. The van der Waals surface area contributed by atoms with Gasteiger partial charge in [0.25, 0.3) is 5.91 Å². The maximum absolute atomic E-state index is 11.3. The lowest BCUT2D eigenvalue weighted by atomic mass is 10.3. The molecule has 0 aromatic heterocycles. The monoisotopic (exact) mass is 209 g/mol. The van der Waals surface area contributed by atoms with Gasteiger partial charge in [-0.05, 0) is 0 Å². The summed E-state index contributed by atoms with van der Waals surface area (Å²) in [7, 11) is 7.01. The molecule has 0 heterocycles. The fraction of sp³-hybridized carbons (Fsp3) is 0.444. The molecule has 6 heteroatoms. The Hall–Kier alpha value is -2.03. The van der Waals surface area contributed by atoms with Crippen molar-refractivity contribution in [3.63, 3.8) is 0 Å². The molecular weight excluding hydrogens is 194 g/mol. The second-order valence-corrected chi connectivity index (χ2v) is 3.27. The number of nitriles is 1. The van der Waals surface area contributed by atoms with E-state index in [4.69, 9.17) is 5.26 Å². The average molecular weight is 209 g/mol. The third kappa shape index (κ3) is 6.10. The molecule has 0 aliphatic carbocycles. The Bertz CT molecular complexity index is 311. The number of amides is 1. The number of nitrogens with zero attached hydrogens (tertiary/aromatic N) is 4. The lowest BCUT2D eigenvalue weighted by molar-refractivity contribution is -0.117. The van der Waals surface area contributed by atoms with Crippen LogP contribution in [0.25, 0.3) is 0 Å². The van der Waals surface area contributed by atoms with Crippen molar-refractivity contribution in [2.24, 2.45) is 5.10 Å². The Morgan fingerprint density at radius 2 is 1.93 bits per heavy atom. The number of hydrogen-bond donors (Lipinski definition) is 1. The number of rotatable bonds is 4. The lowest BCUT2D eigenvalue weighted by Crippen LogP contribution is -2.22. The van der Waals surface area contributed by atoms with Crippen molar-refractivity contribution in [3.8, 4) is 6.07 Å². The van der Waals surface area contributed by atoms with Crippen molar-refractivity contribution in [2.45, 2.75) is 0 Å². The molecule has 1 N–H and O–H groups in total. The summed E-state index contributed by atoms with van der Waals surface area (Å²) in [6, 6.07) is 1.79. The molecule has 0 rings (SSSR count). The third-order valence-corrected chi connectivity index (χ3v) is 1.21. The zero-order valence-electron chi connectivity index (χ0n) is 9.35. The Balaban J connectivity index is 4.38. The molecule has 0 unspecified atom stereocenters. The minimum absolute atomic E-state index is 0.0101. The van der Waals surface area contributed by atoms with Crippen LogP contribution in [-0.4, -0.2) is 50.2 Å². The summed E-state index contributed by atoms with van der Waals surface area (Å²) in [6.07, 6.45) is 2.86. The lowest BCUT2D eigenvalue weighted by Gasteiger charge is -2.06. The summed E-state index contributed by atoms with van der Waals surface area (Å²) < 4.78 is 0. The maximum Gasteiger partial charge on any atom is 0.283 e. The SMILES string of the molecule is CN(C)/C=C(/C#N)C(=O)N/N=C/N(C)C. The van der Waals surface area contributed by atoms with E-state index in [2.05, 4.69) is 10.5 Å². The van der Waals surface area contributed by atoms with E-state index in [1.165, 1.54) is 12.5 Å². The van der Waals surface area contributed by atoms with E-state index in [1.54, 1.807) is 44.1 Å². The predicted octanol–water partition coefficient (Wildman–Crippen LogP) is -0.423. The van der Waals surface area contributed by atoms with E-state index in [0.29, 0.717) is 0 Å². The first-order chi connectivity index (χ1) is 6.97. The fourth-order valence-electron chi connectivity index (χ4n) is 0.660. The highest BCUT2D eigenvalue weighted by molar-refractivity contribution is 5.97. The van der Waals surface area contributed by atoms with Gasteiger partial charge < -0.3 is 9.80 Å². The molecule has 0 aromatic rings. The number of carbonyl (C=O) groups is 1. The molecule has 1 amide bonds. The van der Waals surface area contributed by atoms with Crippen LogP contribution < -0.4 is 5.43 Å². The zero-order chi connectivity index (χ0) is 11.8. The molecule has 0 aromatic carbocycles. The van der Waals surface area contributed by atoms with Crippen molar-refractivity contribution in [2.75, 3.05) is 28.2 Å². The summed E-state index contributed by atoms with van der Waals surface area (Å²) in [5.74, 6) is -0.524. The van der Waals surface area contributed by atoms with Crippen molar-refractivity contribution >= 4 is 12.2 Å². The standard InChI is InChI=1S/C9H15N5O/c1-13(2)6-8(5-10)9(15)12-11-7-14(3)4/h6-7H,1-4H3,(H,12,15)/b8-6-,11-7+. The van der Waals surface area contributed by atoms with Crippen LogP contribution in [0.1, 0.15) is 0 Å². The molecule has 0 saturated heterocycles. The molecule has 0 bridgehead atoms. The van der Waals surface area contributed by atoms with Gasteiger partial charge in [0.1, 0.15) is 18.0 Å². The van der Waals surface area contributed by atoms with Crippen LogP contribution in [0.5, 0.6) is 0 Å². The van der Waals surface area contributed by atoms with E-state index in [9.17, 15) is 4.79 Å². The topological polar surface area (TPSA) is 71.7 Å². The molecule has 6 nitrogen and oxygen atoms in total. The summed E-state index contributed by atoms with van der Waals surface area (Å²) in [5.41, 5.74) is 2.25. The molecular formula is C9H15N5O. The molecule has 82 valence electrons. The van der Waals surface area contributed by atoms with Crippen LogP contribution in [0.15, 0.2) is 16.9 Å². The first-order valence-electron chi connectivity index (χ1n) is 4.25. The highest BCUT2D eigenvalue weighted by Gasteiger charge is 2.07. The largest absolute Gasteiger partial charge is 0.382 e. The summed E-state index contributed by atoms with van der Waals surface area (Å²) in [5, 5.41) is 12.3. The number of nitrogens with one attached hydrogen (secondary N) is 1. The van der Waals surface area contributed by atoms with Crippen LogP contribution in [0.3, 0.4) is 0 Å². The van der Waals surface area contributed by atoms with Gasteiger partial charge in [0.15, 0.2) is 0 Å². The Kier molecular flexibility index (Phi) is 5.56. The van der Waals surface area contributed by atoms with Gasteiger partial charge in [-0.2, -0.15) is 10.4 Å². The molecule has 0 fully saturated rings. The van der Waals surface area contributed by atoms with Crippen LogP contribution in [0.2, 0.25) is 0 Å². The van der Waals surface area contributed by atoms with Crippen molar-refractivity contribution in [1.29, 1.82) is 5.26 Å². The van der Waals surface area contributed by atoms with Crippen molar-refractivity contribution in [3.05, 3.63) is 11.8 Å². The highest BCUT2D eigenvalue weighted by Crippen LogP contribution is 1.93. The minimum atomic E-state index is -0.524. The molecule has 0 atom stereocenters. The maximum atomic E-state index is 11.3. The zero-order valence-corrected chi connectivity index (χ0v) is 9.35. The van der Waals surface area contributed by atoms with Gasteiger partial charge in [-0.1, -0.05) is 0 Å². The smallest absolute Gasteiger partial charge is 0.283 e. The Morgan fingerprint density at radius 3 is 2.33 bits per heavy atom. The average Bonchev–Trinajstić information content (AvgIpc) is 2.13. The highest BCUT2D eigenvalue weighted by atomic mass is 16.2. The number of hydrazone groups is 1. The van der Waals surface area contributed by atoms with Crippen molar-refractivity contribution < 1.29 is 4.79 Å². The van der Waals surface area contributed by atoms with Crippen molar-refractivity contribution in [1.82, 2.24) is 15.2 Å². The Labute approximate surface area is 89.5 Å². The van der Waals surface area contributed by atoms with Gasteiger partial charge in [0.2, 0.25) is 0 Å². The second kappa shape index (κ2) is 6.43. The molecule has 0 aliphatic heterocycles. The molecule has 0 aliphatic rings.